The van der Waals surface area contributed by atoms with Gasteiger partial charge in [-0.2, -0.15) is 0 Å². The van der Waals surface area contributed by atoms with Gasteiger partial charge < -0.3 is 5.32 Å². The maximum Gasteiger partial charge on any atom is 0.159 e. The van der Waals surface area contributed by atoms with Crippen LogP contribution in [0.5, 0.6) is 0 Å². The lowest BCUT2D eigenvalue weighted by molar-refractivity contribution is 0.500. The van der Waals surface area contributed by atoms with Crippen molar-refractivity contribution in [3.05, 3.63) is 70.0 Å². The maximum atomic E-state index is 13.6. The number of hydrogen-bond acceptors (Lipinski definition) is 1. The third-order valence-electron chi connectivity index (χ3n) is 3.55. The zero-order chi connectivity index (χ0) is 15.6. The Morgan fingerprint density at radius 3 is 2.14 bits per heavy atom. The first-order valence-corrected chi connectivity index (χ1v) is 6.82. The van der Waals surface area contributed by atoms with Crippen LogP contribution in [0.15, 0.2) is 30.3 Å². The molecule has 0 aliphatic rings. The molecule has 112 valence electrons. The van der Waals surface area contributed by atoms with Crippen LogP contribution in [0.4, 0.5) is 13.2 Å². The van der Waals surface area contributed by atoms with E-state index >= 15 is 0 Å². The minimum absolute atomic E-state index is 0.134. The number of aryl methyl sites for hydroxylation is 2. The minimum atomic E-state index is -0.852. The highest BCUT2D eigenvalue weighted by Gasteiger charge is 2.10. The number of halogens is 3. The molecule has 2 aromatic carbocycles. The van der Waals surface area contributed by atoms with Crippen molar-refractivity contribution in [1.82, 2.24) is 5.32 Å². The van der Waals surface area contributed by atoms with Crippen LogP contribution in [0.3, 0.4) is 0 Å². The quantitative estimate of drug-likeness (QED) is 0.870. The number of benzene rings is 2. The first kappa shape index (κ1) is 15.6. The van der Waals surface area contributed by atoms with Gasteiger partial charge in [-0.05, 0) is 55.2 Å². The van der Waals surface area contributed by atoms with Crippen molar-refractivity contribution in [3.8, 4) is 0 Å². The van der Waals surface area contributed by atoms with E-state index < -0.39 is 11.6 Å². The van der Waals surface area contributed by atoms with Crippen molar-refractivity contribution >= 4 is 0 Å². The van der Waals surface area contributed by atoms with Crippen LogP contribution in [-0.2, 0) is 6.54 Å². The molecule has 1 unspecified atom stereocenters. The smallest absolute Gasteiger partial charge is 0.159 e. The molecular formula is C17H18F3N. The van der Waals surface area contributed by atoms with Gasteiger partial charge >= 0.3 is 0 Å². The van der Waals surface area contributed by atoms with Gasteiger partial charge in [0.2, 0.25) is 0 Å². The highest BCUT2D eigenvalue weighted by Crippen LogP contribution is 2.18. The van der Waals surface area contributed by atoms with Gasteiger partial charge in [-0.1, -0.05) is 18.2 Å². The Morgan fingerprint density at radius 1 is 0.952 bits per heavy atom. The Hall–Kier alpha value is -1.81. The lowest BCUT2D eigenvalue weighted by Crippen LogP contribution is -2.18. The van der Waals surface area contributed by atoms with Crippen LogP contribution in [0.2, 0.25) is 0 Å². The molecule has 1 nitrogen and oxygen atoms in total. The highest BCUT2D eigenvalue weighted by molar-refractivity contribution is 5.30. The summed E-state index contributed by atoms with van der Waals surface area (Å²) >= 11 is 0. The summed E-state index contributed by atoms with van der Waals surface area (Å²) in [6, 6.07) is 7.30. The van der Waals surface area contributed by atoms with E-state index in [0.717, 1.165) is 11.6 Å². The van der Waals surface area contributed by atoms with E-state index in [2.05, 4.69) is 5.32 Å². The van der Waals surface area contributed by atoms with Gasteiger partial charge in [-0.3, -0.25) is 0 Å². The van der Waals surface area contributed by atoms with E-state index in [4.69, 9.17) is 0 Å². The van der Waals surface area contributed by atoms with Gasteiger partial charge in [0.05, 0.1) is 0 Å². The topological polar surface area (TPSA) is 12.0 Å². The molecule has 2 rings (SSSR count). The lowest BCUT2D eigenvalue weighted by atomic mass is 10.0. The Balaban J connectivity index is 2.07. The highest BCUT2D eigenvalue weighted by atomic mass is 19.2. The monoisotopic (exact) mass is 293 g/mol. The molecule has 0 heterocycles. The second kappa shape index (κ2) is 6.31. The average molecular weight is 293 g/mol. The largest absolute Gasteiger partial charge is 0.306 e. The predicted octanol–water partition coefficient (Wildman–Crippen LogP) is 4.57. The van der Waals surface area contributed by atoms with E-state index in [0.29, 0.717) is 23.2 Å². The molecule has 0 radical (unpaired) electrons. The van der Waals surface area contributed by atoms with Crippen molar-refractivity contribution in [2.75, 3.05) is 0 Å². The summed E-state index contributed by atoms with van der Waals surface area (Å²) in [5.41, 5.74) is 2.84. The van der Waals surface area contributed by atoms with E-state index in [9.17, 15) is 13.2 Å². The van der Waals surface area contributed by atoms with Gasteiger partial charge in [-0.15, -0.1) is 0 Å². The fourth-order valence-electron chi connectivity index (χ4n) is 2.31. The second-order valence-corrected chi connectivity index (χ2v) is 5.32. The molecule has 0 spiro atoms. The van der Waals surface area contributed by atoms with Crippen LogP contribution >= 0.6 is 0 Å². The molecule has 0 bridgehead atoms. The number of nitrogens with one attached hydrogen (secondary N) is 1. The third kappa shape index (κ3) is 3.64. The zero-order valence-electron chi connectivity index (χ0n) is 12.3. The summed E-state index contributed by atoms with van der Waals surface area (Å²) in [5, 5.41) is 3.22. The van der Waals surface area contributed by atoms with E-state index in [1.165, 1.54) is 6.07 Å². The molecular weight excluding hydrogens is 275 g/mol. The molecule has 0 saturated heterocycles. The van der Waals surface area contributed by atoms with Crippen molar-refractivity contribution in [2.24, 2.45) is 0 Å². The van der Waals surface area contributed by atoms with Crippen LogP contribution in [0.25, 0.3) is 0 Å². The standard InChI is InChI=1S/C17H18F3N/c1-10-6-13(7-11(2)17(10)20)9-21-12(3)14-4-5-15(18)16(19)8-14/h4-8,12,21H,9H2,1-3H3. The fraction of sp³-hybridized carbons (Fsp3) is 0.294. The summed E-state index contributed by atoms with van der Waals surface area (Å²) in [7, 11) is 0. The number of rotatable bonds is 4. The van der Waals surface area contributed by atoms with E-state index in [-0.39, 0.29) is 11.9 Å². The molecule has 2 aromatic rings. The molecule has 0 fully saturated rings. The summed E-state index contributed by atoms with van der Waals surface area (Å²) in [6.07, 6.45) is 0. The van der Waals surface area contributed by atoms with Crippen molar-refractivity contribution in [1.29, 1.82) is 0 Å². The van der Waals surface area contributed by atoms with E-state index in [1.807, 2.05) is 6.92 Å². The van der Waals surface area contributed by atoms with Gasteiger partial charge in [0.25, 0.3) is 0 Å². The van der Waals surface area contributed by atoms with Crippen molar-refractivity contribution < 1.29 is 13.2 Å². The first-order chi connectivity index (χ1) is 9.88. The maximum absolute atomic E-state index is 13.6. The summed E-state index contributed by atoms with van der Waals surface area (Å²) in [5.74, 6) is -1.89. The summed E-state index contributed by atoms with van der Waals surface area (Å²) in [6.45, 7) is 5.85. The molecule has 0 amide bonds. The molecule has 0 aliphatic carbocycles. The predicted molar refractivity (Wildman–Crippen MR) is 77.5 cm³/mol. The van der Waals surface area contributed by atoms with Crippen LogP contribution < -0.4 is 5.32 Å². The Labute approximate surface area is 122 Å². The molecule has 1 atom stereocenters. The third-order valence-corrected chi connectivity index (χ3v) is 3.55. The van der Waals surface area contributed by atoms with Crippen LogP contribution in [-0.4, -0.2) is 0 Å². The zero-order valence-corrected chi connectivity index (χ0v) is 12.3. The van der Waals surface area contributed by atoms with Crippen molar-refractivity contribution in [2.45, 2.75) is 33.4 Å². The van der Waals surface area contributed by atoms with Crippen LogP contribution in [0.1, 0.15) is 35.2 Å². The normalized spacial score (nSPS) is 12.5. The summed E-state index contributed by atoms with van der Waals surface area (Å²) < 4.78 is 39.7. The van der Waals surface area contributed by atoms with Crippen LogP contribution in [0, 0.1) is 31.3 Å². The molecule has 21 heavy (non-hydrogen) atoms. The molecule has 4 heteroatoms. The lowest BCUT2D eigenvalue weighted by Gasteiger charge is -2.15. The average Bonchev–Trinajstić information content (AvgIpc) is 2.44. The van der Waals surface area contributed by atoms with Gasteiger partial charge in [0.1, 0.15) is 5.82 Å². The summed E-state index contributed by atoms with van der Waals surface area (Å²) in [4.78, 5) is 0. The number of hydrogen-bond donors (Lipinski definition) is 1. The first-order valence-electron chi connectivity index (χ1n) is 6.82. The minimum Gasteiger partial charge on any atom is -0.306 e. The second-order valence-electron chi connectivity index (χ2n) is 5.32. The molecule has 0 aromatic heterocycles. The molecule has 1 N–H and O–H groups in total. The SMILES string of the molecule is Cc1cc(CNC(C)c2ccc(F)c(F)c2)cc(C)c1F. The van der Waals surface area contributed by atoms with Gasteiger partial charge in [0.15, 0.2) is 11.6 Å². The molecule has 0 aliphatic heterocycles. The van der Waals surface area contributed by atoms with E-state index in [1.54, 1.807) is 32.0 Å². The van der Waals surface area contributed by atoms with Gasteiger partial charge in [-0.25, -0.2) is 13.2 Å². The van der Waals surface area contributed by atoms with Crippen molar-refractivity contribution in [3.63, 3.8) is 0 Å². The molecule has 0 saturated carbocycles. The Kier molecular flexibility index (Phi) is 4.68. The fourth-order valence-corrected chi connectivity index (χ4v) is 2.31. The Bertz CT molecular complexity index is 629. The Morgan fingerprint density at radius 2 is 1.57 bits per heavy atom. The van der Waals surface area contributed by atoms with Gasteiger partial charge in [0, 0.05) is 12.6 Å².